The van der Waals surface area contributed by atoms with Crippen LogP contribution >= 0.6 is 11.8 Å². The SMILES string of the molecule is N#Cc1ccc(NC(=O)CSc2nnc(CN3CCCC3)n2Cc2ccccc2)cc1. The van der Waals surface area contributed by atoms with Gasteiger partial charge in [0.15, 0.2) is 5.16 Å². The highest BCUT2D eigenvalue weighted by molar-refractivity contribution is 7.99. The van der Waals surface area contributed by atoms with Crippen LogP contribution in [0.2, 0.25) is 0 Å². The van der Waals surface area contributed by atoms with E-state index in [1.54, 1.807) is 24.3 Å². The summed E-state index contributed by atoms with van der Waals surface area (Å²) in [6.07, 6.45) is 2.45. The highest BCUT2D eigenvalue weighted by Gasteiger charge is 2.19. The number of nitriles is 1. The zero-order chi connectivity index (χ0) is 21.5. The monoisotopic (exact) mass is 432 g/mol. The van der Waals surface area contributed by atoms with E-state index in [4.69, 9.17) is 5.26 Å². The van der Waals surface area contributed by atoms with Crippen molar-refractivity contribution in [2.24, 2.45) is 0 Å². The molecule has 158 valence electrons. The second-order valence-electron chi connectivity index (χ2n) is 7.48. The van der Waals surface area contributed by atoms with Gasteiger partial charge in [0, 0.05) is 5.69 Å². The quantitative estimate of drug-likeness (QED) is 0.548. The van der Waals surface area contributed by atoms with Gasteiger partial charge in [0.1, 0.15) is 5.82 Å². The third-order valence-corrected chi connectivity index (χ3v) is 6.14. The lowest BCUT2D eigenvalue weighted by molar-refractivity contribution is -0.113. The molecule has 31 heavy (non-hydrogen) atoms. The Hall–Kier alpha value is -3.15. The highest BCUT2D eigenvalue weighted by Crippen LogP contribution is 2.21. The van der Waals surface area contributed by atoms with Gasteiger partial charge in [0.2, 0.25) is 5.91 Å². The molecule has 1 aromatic heterocycles. The first-order valence-electron chi connectivity index (χ1n) is 10.3. The molecule has 0 atom stereocenters. The fourth-order valence-electron chi connectivity index (χ4n) is 3.56. The zero-order valence-corrected chi connectivity index (χ0v) is 18.0. The summed E-state index contributed by atoms with van der Waals surface area (Å²) in [5.41, 5.74) is 2.41. The Balaban J connectivity index is 1.44. The van der Waals surface area contributed by atoms with E-state index in [9.17, 15) is 4.79 Å². The molecule has 8 heteroatoms. The van der Waals surface area contributed by atoms with Crippen LogP contribution in [-0.2, 0) is 17.9 Å². The maximum absolute atomic E-state index is 12.4. The molecule has 0 bridgehead atoms. The van der Waals surface area contributed by atoms with Crippen LogP contribution < -0.4 is 5.32 Å². The molecule has 0 spiro atoms. The minimum atomic E-state index is -0.120. The topological polar surface area (TPSA) is 86.8 Å². The fourth-order valence-corrected chi connectivity index (χ4v) is 4.32. The van der Waals surface area contributed by atoms with Gasteiger partial charge in [0.25, 0.3) is 0 Å². The molecule has 0 radical (unpaired) electrons. The van der Waals surface area contributed by atoms with Crippen LogP contribution in [0.1, 0.15) is 29.8 Å². The molecule has 2 aromatic carbocycles. The van der Waals surface area contributed by atoms with Crippen molar-refractivity contribution in [2.75, 3.05) is 24.2 Å². The van der Waals surface area contributed by atoms with Crippen LogP contribution in [0.25, 0.3) is 0 Å². The summed E-state index contributed by atoms with van der Waals surface area (Å²) in [4.78, 5) is 14.8. The van der Waals surface area contributed by atoms with Gasteiger partial charge in [-0.2, -0.15) is 5.26 Å². The third-order valence-electron chi connectivity index (χ3n) is 5.17. The summed E-state index contributed by atoms with van der Waals surface area (Å²) < 4.78 is 2.12. The molecule has 0 aliphatic carbocycles. The molecule has 1 aliphatic rings. The zero-order valence-electron chi connectivity index (χ0n) is 17.2. The van der Waals surface area contributed by atoms with Crippen LogP contribution in [0, 0.1) is 11.3 Å². The van der Waals surface area contributed by atoms with Crippen molar-refractivity contribution in [1.82, 2.24) is 19.7 Å². The van der Waals surface area contributed by atoms with E-state index in [0.717, 1.165) is 30.6 Å². The number of carbonyl (C=O) groups is 1. The largest absolute Gasteiger partial charge is 0.325 e. The molecule has 7 nitrogen and oxygen atoms in total. The number of thioether (sulfide) groups is 1. The molecule has 1 aliphatic heterocycles. The van der Waals surface area contributed by atoms with E-state index in [2.05, 4.69) is 43.2 Å². The van der Waals surface area contributed by atoms with Gasteiger partial charge >= 0.3 is 0 Å². The average molecular weight is 433 g/mol. The maximum atomic E-state index is 12.4. The number of rotatable bonds is 8. The third kappa shape index (κ3) is 5.72. The average Bonchev–Trinajstić information content (AvgIpc) is 3.44. The lowest BCUT2D eigenvalue weighted by atomic mass is 10.2. The Kier molecular flexibility index (Phi) is 6.97. The number of anilines is 1. The summed E-state index contributed by atoms with van der Waals surface area (Å²) in [5, 5.41) is 21.3. The van der Waals surface area contributed by atoms with E-state index in [0.29, 0.717) is 17.8 Å². The number of benzene rings is 2. The minimum absolute atomic E-state index is 0.120. The lowest BCUT2D eigenvalue weighted by Gasteiger charge is -2.16. The molecule has 4 rings (SSSR count). The van der Waals surface area contributed by atoms with Gasteiger partial charge in [-0.25, -0.2) is 0 Å². The summed E-state index contributed by atoms with van der Waals surface area (Å²) in [6, 6.07) is 19.1. The van der Waals surface area contributed by atoms with Gasteiger partial charge in [-0.15, -0.1) is 10.2 Å². The molecule has 1 saturated heterocycles. The van der Waals surface area contributed by atoms with Crippen molar-refractivity contribution in [3.05, 3.63) is 71.5 Å². The predicted molar refractivity (Wildman–Crippen MR) is 121 cm³/mol. The van der Waals surface area contributed by atoms with Gasteiger partial charge in [-0.3, -0.25) is 9.69 Å². The molecule has 2 heterocycles. The number of nitrogens with zero attached hydrogens (tertiary/aromatic N) is 5. The number of aromatic nitrogens is 3. The molecule has 3 aromatic rings. The van der Waals surface area contributed by atoms with Crippen molar-refractivity contribution in [3.8, 4) is 6.07 Å². The number of likely N-dealkylation sites (tertiary alicyclic amines) is 1. The highest BCUT2D eigenvalue weighted by atomic mass is 32.2. The minimum Gasteiger partial charge on any atom is -0.325 e. The Bertz CT molecular complexity index is 1050. The molecule has 0 saturated carbocycles. The van der Waals surface area contributed by atoms with E-state index < -0.39 is 0 Å². The number of hydrogen-bond acceptors (Lipinski definition) is 6. The standard InChI is InChI=1S/C23H24N6OS/c24-14-18-8-10-20(11-9-18)25-22(30)17-31-23-27-26-21(16-28-12-4-5-13-28)29(23)15-19-6-2-1-3-7-19/h1-3,6-11H,4-5,12-13,15-17H2,(H,25,30). The summed E-state index contributed by atoms with van der Waals surface area (Å²) >= 11 is 1.39. The van der Waals surface area contributed by atoms with E-state index in [-0.39, 0.29) is 11.7 Å². The second kappa shape index (κ2) is 10.2. The first-order valence-corrected chi connectivity index (χ1v) is 11.3. The number of carbonyl (C=O) groups excluding carboxylic acids is 1. The van der Waals surface area contributed by atoms with E-state index in [1.807, 2.05) is 18.2 Å². The van der Waals surface area contributed by atoms with Crippen LogP contribution in [0.15, 0.2) is 59.8 Å². The van der Waals surface area contributed by atoms with Crippen molar-refractivity contribution in [1.29, 1.82) is 5.26 Å². The van der Waals surface area contributed by atoms with Crippen LogP contribution in [0.4, 0.5) is 5.69 Å². The van der Waals surface area contributed by atoms with Crippen molar-refractivity contribution in [2.45, 2.75) is 31.1 Å². The van der Waals surface area contributed by atoms with Gasteiger partial charge in [-0.1, -0.05) is 42.1 Å². The summed E-state index contributed by atoms with van der Waals surface area (Å²) in [5.74, 6) is 1.04. The lowest BCUT2D eigenvalue weighted by Crippen LogP contribution is -2.22. The van der Waals surface area contributed by atoms with Crippen molar-refractivity contribution in [3.63, 3.8) is 0 Å². The second-order valence-corrected chi connectivity index (χ2v) is 8.42. The smallest absolute Gasteiger partial charge is 0.234 e. The summed E-state index contributed by atoms with van der Waals surface area (Å²) in [6.45, 7) is 3.63. The molecule has 1 N–H and O–H groups in total. The van der Waals surface area contributed by atoms with E-state index >= 15 is 0 Å². The van der Waals surface area contributed by atoms with E-state index in [1.165, 1.54) is 30.2 Å². The Morgan fingerprint density at radius 1 is 1.03 bits per heavy atom. The molecule has 1 amide bonds. The maximum Gasteiger partial charge on any atom is 0.234 e. The Labute approximate surface area is 186 Å². The van der Waals surface area contributed by atoms with Gasteiger partial charge < -0.3 is 9.88 Å². The molecular weight excluding hydrogens is 408 g/mol. The summed E-state index contributed by atoms with van der Waals surface area (Å²) in [7, 11) is 0. The first-order chi connectivity index (χ1) is 15.2. The number of amides is 1. The Morgan fingerprint density at radius 2 is 1.77 bits per heavy atom. The normalized spacial score (nSPS) is 13.8. The Morgan fingerprint density at radius 3 is 2.48 bits per heavy atom. The predicted octanol–water partition coefficient (Wildman–Crippen LogP) is 3.52. The number of nitrogens with one attached hydrogen (secondary N) is 1. The van der Waals surface area contributed by atoms with Gasteiger partial charge in [0.05, 0.1) is 30.5 Å². The van der Waals surface area contributed by atoms with Crippen LogP contribution in [-0.4, -0.2) is 44.4 Å². The first kappa shape index (κ1) is 21.1. The molecular formula is C23H24N6OS. The number of hydrogen-bond donors (Lipinski definition) is 1. The van der Waals surface area contributed by atoms with Gasteiger partial charge in [-0.05, 0) is 55.8 Å². The fraction of sp³-hybridized carbons (Fsp3) is 0.304. The van der Waals surface area contributed by atoms with Crippen molar-refractivity contribution >= 4 is 23.4 Å². The van der Waals surface area contributed by atoms with Crippen LogP contribution in [0.5, 0.6) is 0 Å². The molecule has 0 unspecified atom stereocenters. The van der Waals surface area contributed by atoms with Crippen molar-refractivity contribution < 1.29 is 4.79 Å². The van der Waals surface area contributed by atoms with Crippen LogP contribution in [0.3, 0.4) is 0 Å². The molecule has 1 fully saturated rings.